The van der Waals surface area contributed by atoms with Gasteiger partial charge >= 0.3 is 0 Å². The summed E-state index contributed by atoms with van der Waals surface area (Å²) >= 11 is 0. The first-order valence-corrected chi connectivity index (χ1v) is 5.71. The fourth-order valence-corrected chi connectivity index (χ4v) is 1.53. The molecule has 2 atom stereocenters. The van der Waals surface area contributed by atoms with E-state index < -0.39 is 0 Å². The van der Waals surface area contributed by atoms with Gasteiger partial charge in [0.05, 0.1) is 0 Å². The summed E-state index contributed by atoms with van der Waals surface area (Å²) in [5.74, 6) is 0. The van der Waals surface area contributed by atoms with Crippen molar-refractivity contribution in [2.45, 2.75) is 39.3 Å². The number of hydrogen-bond donors (Lipinski definition) is 2. The zero-order chi connectivity index (χ0) is 11.3. The second-order valence-corrected chi connectivity index (χ2v) is 4.05. The van der Waals surface area contributed by atoms with Crippen LogP contribution in [0.2, 0.25) is 0 Å². The molecule has 0 aromatic heterocycles. The van der Waals surface area contributed by atoms with Gasteiger partial charge < -0.3 is 10.6 Å². The highest BCUT2D eigenvalue weighted by Crippen LogP contribution is 2.23. The van der Waals surface area contributed by atoms with Gasteiger partial charge in [-0.2, -0.15) is 0 Å². The van der Waals surface area contributed by atoms with E-state index in [1.54, 1.807) is 0 Å². The van der Waals surface area contributed by atoms with Crippen molar-refractivity contribution < 1.29 is 0 Å². The van der Waals surface area contributed by atoms with Crippen molar-refractivity contribution in [3.8, 4) is 0 Å². The molecule has 0 aliphatic carbocycles. The van der Waals surface area contributed by atoms with Crippen molar-refractivity contribution in [1.29, 1.82) is 0 Å². The fraction of sp³-hybridized carbons (Fsp3) is 0.538. The Kier molecular flexibility index (Phi) is 4.63. The monoisotopic (exact) mass is 206 g/mol. The molecule has 2 unspecified atom stereocenters. The second-order valence-electron chi connectivity index (χ2n) is 4.05. The summed E-state index contributed by atoms with van der Waals surface area (Å²) in [6.07, 6.45) is 1.14. The summed E-state index contributed by atoms with van der Waals surface area (Å²) in [5.41, 5.74) is 2.58. The largest absolute Gasteiger partial charge is 0.382 e. The predicted molar refractivity (Wildman–Crippen MR) is 67.3 cm³/mol. The summed E-state index contributed by atoms with van der Waals surface area (Å²) < 4.78 is 0. The molecule has 0 heterocycles. The van der Waals surface area contributed by atoms with Crippen molar-refractivity contribution in [3.63, 3.8) is 0 Å². The molecule has 84 valence electrons. The molecule has 1 aromatic rings. The highest BCUT2D eigenvalue weighted by molar-refractivity contribution is 5.53. The highest BCUT2D eigenvalue weighted by Gasteiger charge is 2.08. The Hall–Kier alpha value is -1.02. The molecule has 0 radical (unpaired) electrons. The zero-order valence-electron chi connectivity index (χ0n) is 10.2. The number of anilines is 1. The van der Waals surface area contributed by atoms with E-state index in [-0.39, 0.29) is 0 Å². The van der Waals surface area contributed by atoms with Crippen LogP contribution < -0.4 is 10.6 Å². The van der Waals surface area contributed by atoms with Gasteiger partial charge in [0.1, 0.15) is 0 Å². The van der Waals surface area contributed by atoms with E-state index in [1.807, 2.05) is 7.05 Å². The lowest BCUT2D eigenvalue weighted by Gasteiger charge is -2.20. The Labute approximate surface area is 93.1 Å². The molecule has 0 fully saturated rings. The molecule has 15 heavy (non-hydrogen) atoms. The van der Waals surface area contributed by atoms with Gasteiger partial charge in [-0.25, -0.2) is 0 Å². The van der Waals surface area contributed by atoms with E-state index >= 15 is 0 Å². The Balaban J connectivity index is 2.86. The number of benzene rings is 1. The van der Waals surface area contributed by atoms with Gasteiger partial charge in [0.25, 0.3) is 0 Å². The van der Waals surface area contributed by atoms with E-state index in [2.05, 4.69) is 55.7 Å². The lowest BCUT2D eigenvalue weighted by Crippen LogP contribution is -2.18. The Bertz CT molecular complexity index is 296. The average molecular weight is 206 g/mol. The predicted octanol–water partition coefficient (Wildman–Crippen LogP) is 3.18. The van der Waals surface area contributed by atoms with Gasteiger partial charge in [0, 0.05) is 17.8 Å². The Morgan fingerprint density at radius 2 is 1.87 bits per heavy atom. The van der Waals surface area contributed by atoms with E-state index in [4.69, 9.17) is 0 Å². The van der Waals surface area contributed by atoms with Crippen LogP contribution in [0.5, 0.6) is 0 Å². The molecule has 0 saturated carbocycles. The van der Waals surface area contributed by atoms with Crippen molar-refractivity contribution in [3.05, 3.63) is 29.8 Å². The number of nitrogens with one attached hydrogen (secondary N) is 2. The van der Waals surface area contributed by atoms with E-state index in [9.17, 15) is 0 Å². The average Bonchev–Trinajstić information content (AvgIpc) is 2.28. The van der Waals surface area contributed by atoms with E-state index in [0.29, 0.717) is 12.1 Å². The van der Waals surface area contributed by atoms with E-state index in [1.165, 1.54) is 11.3 Å². The summed E-state index contributed by atoms with van der Waals surface area (Å²) in [6, 6.07) is 9.40. The third-order valence-electron chi connectivity index (χ3n) is 2.87. The minimum atomic E-state index is 0.387. The maximum atomic E-state index is 3.54. The first-order chi connectivity index (χ1) is 7.19. The van der Waals surface area contributed by atoms with Gasteiger partial charge in [0.2, 0.25) is 0 Å². The van der Waals surface area contributed by atoms with Crippen LogP contribution in [0.3, 0.4) is 0 Å². The maximum Gasteiger partial charge on any atom is 0.0390 e. The summed E-state index contributed by atoms with van der Waals surface area (Å²) in [7, 11) is 1.99. The van der Waals surface area contributed by atoms with Crippen LogP contribution in [0, 0.1) is 0 Å². The number of hydrogen-bond acceptors (Lipinski definition) is 2. The SMILES string of the molecule is CCC(C)Nc1ccccc1C(C)NC. The smallest absolute Gasteiger partial charge is 0.0390 e. The molecule has 2 heteroatoms. The molecule has 0 aliphatic heterocycles. The summed E-state index contributed by atoms with van der Waals surface area (Å²) in [5, 5.41) is 6.81. The molecular formula is C13H22N2. The third kappa shape index (κ3) is 3.24. The lowest BCUT2D eigenvalue weighted by atomic mass is 10.1. The maximum absolute atomic E-state index is 3.54. The summed E-state index contributed by atoms with van der Waals surface area (Å²) in [4.78, 5) is 0. The molecular weight excluding hydrogens is 184 g/mol. The van der Waals surface area contributed by atoms with Gasteiger partial charge in [-0.05, 0) is 38.9 Å². The Morgan fingerprint density at radius 1 is 1.20 bits per heavy atom. The van der Waals surface area contributed by atoms with Crippen molar-refractivity contribution in [1.82, 2.24) is 5.32 Å². The summed E-state index contributed by atoms with van der Waals surface area (Å²) in [6.45, 7) is 6.58. The zero-order valence-corrected chi connectivity index (χ0v) is 10.2. The third-order valence-corrected chi connectivity index (χ3v) is 2.87. The topological polar surface area (TPSA) is 24.1 Å². The molecule has 1 aromatic carbocycles. The van der Waals surface area contributed by atoms with Gasteiger partial charge in [0.15, 0.2) is 0 Å². The van der Waals surface area contributed by atoms with Crippen LogP contribution in [0.15, 0.2) is 24.3 Å². The van der Waals surface area contributed by atoms with Crippen molar-refractivity contribution in [2.75, 3.05) is 12.4 Å². The van der Waals surface area contributed by atoms with Gasteiger partial charge in [-0.15, -0.1) is 0 Å². The molecule has 0 amide bonds. The molecule has 0 spiro atoms. The molecule has 0 aliphatic rings. The normalized spacial score (nSPS) is 14.7. The van der Waals surface area contributed by atoms with Crippen LogP contribution in [0.4, 0.5) is 5.69 Å². The van der Waals surface area contributed by atoms with Gasteiger partial charge in [-0.3, -0.25) is 0 Å². The highest BCUT2D eigenvalue weighted by atomic mass is 14.9. The first kappa shape index (κ1) is 12.1. The molecule has 0 bridgehead atoms. The van der Waals surface area contributed by atoms with Gasteiger partial charge in [-0.1, -0.05) is 25.1 Å². The van der Waals surface area contributed by atoms with Crippen LogP contribution in [0.1, 0.15) is 38.8 Å². The van der Waals surface area contributed by atoms with Crippen LogP contribution >= 0.6 is 0 Å². The fourth-order valence-electron chi connectivity index (χ4n) is 1.53. The lowest BCUT2D eigenvalue weighted by molar-refractivity contribution is 0.650. The van der Waals surface area contributed by atoms with Crippen molar-refractivity contribution >= 4 is 5.69 Å². The molecule has 2 N–H and O–H groups in total. The van der Waals surface area contributed by atoms with Crippen LogP contribution in [-0.4, -0.2) is 13.1 Å². The molecule has 2 nitrogen and oxygen atoms in total. The second kappa shape index (κ2) is 5.76. The minimum absolute atomic E-state index is 0.387. The molecule has 1 rings (SSSR count). The number of rotatable bonds is 5. The van der Waals surface area contributed by atoms with Crippen molar-refractivity contribution in [2.24, 2.45) is 0 Å². The quantitative estimate of drug-likeness (QED) is 0.773. The Morgan fingerprint density at radius 3 is 2.47 bits per heavy atom. The van der Waals surface area contributed by atoms with Crippen LogP contribution in [0.25, 0.3) is 0 Å². The van der Waals surface area contributed by atoms with Crippen LogP contribution in [-0.2, 0) is 0 Å². The standard InChI is InChI=1S/C13H22N2/c1-5-10(2)15-13-9-7-6-8-12(13)11(3)14-4/h6-11,14-15H,5H2,1-4H3. The first-order valence-electron chi connectivity index (χ1n) is 5.71. The molecule has 0 saturated heterocycles. The van der Waals surface area contributed by atoms with E-state index in [0.717, 1.165) is 6.42 Å². The number of para-hydroxylation sites is 1. The minimum Gasteiger partial charge on any atom is -0.382 e.